The molecule has 0 saturated carbocycles. The van der Waals surface area contributed by atoms with Crippen molar-refractivity contribution in [3.63, 3.8) is 0 Å². The Morgan fingerprint density at radius 3 is 2.69 bits per heavy atom. The fourth-order valence-corrected chi connectivity index (χ4v) is 2.07. The second-order valence-corrected chi connectivity index (χ2v) is 5.32. The molecule has 0 atom stereocenters. The molecular weight excluding hydrogens is 218 g/mol. The van der Waals surface area contributed by atoms with E-state index in [0.29, 0.717) is 0 Å². The molecule has 1 rings (SSSR count). The van der Waals surface area contributed by atoms with E-state index < -0.39 is 0 Å². The predicted octanol–water partition coefficient (Wildman–Crippen LogP) is 3.42. The zero-order valence-electron chi connectivity index (χ0n) is 10.1. The number of hydrogen-bond acceptors (Lipinski definition) is 3. The second kappa shape index (κ2) is 7.58. The maximum atomic E-state index is 5.84. The van der Waals surface area contributed by atoms with Crippen LogP contribution in [0.2, 0.25) is 0 Å². The lowest BCUT2D eigenvalue weighted by Crippen LogP contribution is -2.02. The number of ether oxygens (including phenoxy) is 1. The van der Waals surface area contributed by atoms with Gasteiger partial charge in [-0.25, -0.2) is 0 Å². The lowest BCUT2D eigenvalue weighted by molar-refractivity contribution is 0.138. The molecule has 16 heavy (non-hydrogen) atoms. The lowest BCUT2D eigenvalue weighted by Gasteiger charge is -2.07. The van der Waals surface area contributed by atoms with E-state index in [9.17, 15) is 0 Å². The van der Waals surface area contributed by atoms with Crippen LogP contribution < -0.4 is 5.73 Å². The van der Waals surface area contributed by atoms with Gasteiger partial charge in [0, 0.05) is 22.9 Å². The largest absolute Gasteiger partial charge is 0.398 e. The van der Waals surface area contributed by atoms with Crippen molar-refractivity contribution in [1.29, 1.82) is 0 Å². The minimum absolute atomic E-state index is 0.720. The molecule has 0 aliphatic rings. The standard InChI is InChI=1S/C13H21NOS/c1-11(2)7-8-15-9-10-16-13-6-4-3-5-12(13)14/h3-6,11H,7-10,14H2,1-2H3. The van der Waals surface area contributed by atoms with Gasteiger partial charge in [0.2, 0.25) is 0 Å². The number of benzene rings is 1. The molecule has 2 nitrogen and oxygen atoms in total. The van der Waals surface area contributed by atoms with Crippen molar-refractivity contribution in [2.45, 2.75) is 25.2 Å². The van der Waals surface area contributed by atoms with E-state index in [1.807, 2.05) is 24.3 Å². The Labute approximate surface area is 103 Å². The minimum atomic E-state index is 0.720. The van der Waals surface area contributed by atoms with Gasteiger partial charge in [-0.05, 0) is 24.5 Å². The van der Waals surface area contributed by atoms with Crippen LogP contribution in [0.25, 0.3) is 0 Å². The molecule has 2 N–H and O–H groups in total. The monoisotopic (exact) mass is 239 g/mol. The summed E-state index contributed by atoms with van der Waals surface area (Å²) in [6, 6.07) is 7.95. The van der Waals surface area contributed by atoms with Gasteiger partial charge in [-0.1, -0.05) is 26.0 Å². The van der Waals surface area contributed by atoms with Crippen LogP contribution in [-0.4, -0.2) is 19.0 Å². The summed E-state index contributed by atoms with van der Waals surface area (Å²) in [7, 11) is 0. The van der Waals surface area contributed by atoms with Crippen LogP contribution in [0.1, 0.15) is 20.3 Å². The molecule has 0 heterocycles. The molecule has 1 aromatic carbocycles. The molecule has 0 aliphatic heterocycles. The molecule has 1 aromatic rings. The van der Waals surface area contributed by atoms with Crippen molar-refractivity contribution < 1.29 is 4.74 Å². The third-order valence-corrected chi connectivity index (χ3v) is 3.30. The molecule has 0 bridgehead atoms. The van der Waals surface area contributed by atoms with E-state index in [0.717, 1.165) is 41.9 Å². The average molecular weight is 239 g/mol. The number of hydrogen-bond donors (Lipinski definition) is 1. The topological polar surface area (TPSA) is 35.2 Å². The Morgan fingerprint density at radius 1 is 1.25 bits per heavy atom. The summed E-state index contributed by atoms with van der Waals surface area (Å²) in [6.07, 6.45) is 1.14. The van der Waals surface area contributed by atoms with Gasteiger partial charge in [-0.15, -0.1) is 11.8 Å². The van der Waals surface area contributed by atoms with Gasteiger partial charge in [0.05, 0.1) is 6.61 Å². The summed E-state index contributed by atoms with van der Waals surface area (Å²) in [6.45, 7) is 6.08. The smallest absolute Gasteiger partial charge is 0.0560 e. The molecule has 3 heteroatoms. The maximum Gasteiger partial charge on any atom is 0.0560 e. The molecule has 0 saturated heterocycles. The summed E-state index contributed by atoms with van der Waals surface area (Å²) in [5, 5.41) is 0. The first-order chi connectivity index (χ1) is 7.70. The molecule has 90 valence electrons. The second-order valence-electron chi connectivity index (χ2n) is 4.18. The SMILES string of the molecule is CC(C)CCOCCSc1ccccc1N. The van der Waals surface area contributed by atoms with Crippen LogP contribution >= 0.6 is 11.8 Å². The Bertz CT molecular complexity index is 302. The van der Waals surface area contributed by atoms with E-state index in [1.54, 1.807) is 11.8 Å². The molecule has 0 spiro atoms. The predicted molar refractivity (Wildman–Crippen MR) is 71.9 cm³/mol. The number of anilines is 1. The van der Waals surface area contributed by atoms with E-state index >= 15 is 0 Å². The van der Waals surface area contributed by atoms with Gasteiger partial charge in [0.1, 0.15) is 0 Å². The first-order valence-corrected chi connectivity index (χ1v) is 6.73. The molecule has 0 fully saturated rings. The van der Waals surface area contributed by atoms with E-state index in [-0.39, 0.29) is 0 Å². The summed E-state index contributed by atoms with van der Waals surface area (Å²) in [5.41, 5.74) is 6.70. The van der Waals surface area contributed by atoms with Gasteiger partial charge in [-0.2, -0.15) is 0 Å². The van der Waals surface area contributed by atoms with Gasteiger partial charge in [0.25, 0.3) is 0 Å². The van der Waals surface area contributed by atoms with Gasteiger partial charge < -0.3 is 10.5 Å². The zero-order valence-corrected chi connectivity index (χ0v) is 10.9. The summed E-state index contributed by atoms with van der Waals surface area (Å²) >= 11 is 1.76. The Kier molecular flexibility index (Phi) is 6.34. The highest BCUT2D eigenvalue weighted by molar-refractivity contribution is 7.99. The van der Waals surface area contributed by atoms with Gasteiger partial charge >= 0.3 is 0 Å². The molecule has 0 radical (unpaired) electrons. The minimum Gasteiger partial charge on any atom is -0.398 e. The number of para-hydroxylation sites is 1. The highest BCUT2D eigenvalue weighted by Gasteiger charge is 1.98. The van der Waals surface area contributed by atoms with Crippen LogP contribution in [0.15, 0.2) is 29.2 Å². The van der Waals surface area contributed by atoms with Crippen LogP contribution in [0, 0.1) is 5.92 Å². The van der Waals surface area contributed by atoms with Gasteiger partial charge in [-0.3, -0.25) is 0 Å². The normalized spacial score (nSPS) is 10.9. The molecule has 0 aliphatic carbocycles. The first-order valence-electron chi connectivity index (χ1n) is 5.75. The number of nitrogens with two attached hydrogens (primary N) is 1. The number of thioether (sulfide) groups is 1. The van der Waals surface area contributed by atoms with Crippen molar-refractivity contribution in [2.24, 2.45) is 5.92 Å². The molecule has 0 amide bonds. The quantitative estimate of drug-likeness (QED) is 0.450. The van der Waals surface area contributed by atoms with Crippen molar-refractivity contribution in [3.8, 4) is 0 Å². The molecular formula is C13H21NOS. The van der Waals surface area contributed by atoms with E-state index in [1.165, 1.54) is 0 Å². The average Bonchev–Trinajstić information content (AvgIpc) is 2.25. The third-order valence-electron chi connectivity index (χ3n) is 2.24. The van der Waals surface area contributed by atoms with Crippen LogP contribution in [0.3, 0.4) is 0 Å². The van der Waals surface area contributed by atoms with Crippen molar-refractivity contribution in [3.05, 3.63) is 24.3 Å². The van der Waals surface area contributed by atoms with Crippen molar-refractivity contribution in [2.75, 3.05) is 24.7 Å². The Hall–Kier alpha value is -0.670. The first kappa shape index (κ1) is 13.4. The van der Waals surface area contributed by atoms with E-state index in [2.05, 4.69) is 13.8 Å². The van der Waals surface area contributed by atoms with Crippen LogP contribution in [0.4, 0.5) is 5.69 Å². The van der Waals surface area contributed by atoms with E-state index in [4.69, 9.17) is 10.5 Å². The van der Waals surface area contributed by atoms with Gasteiger partial charge in [0.15, 0.2) is 0 Å². The molecule has 0 unspecified atom stereocenters. The third kappa shape index (κ3) is 5.42. The Balaban J connectivity index is 2.10. The summed E-state index contributed by atoms with van der Waals surface area (Å²) in [5.74, 6) is 1.68. The van der Waals surface area contributed by atoms with Crippen molar-refractivity contribution >= 4 is 17.4 Å². The number of nitrogen functional groups attached to an aromatic ring is 1. The maximum absolute atomic E-state index is 5.84. The lowest BCUT2D eigenvalue weighted by atomic mass is 10.1. The zero-order chi connectivity index (χ0) is 11.8. The summed E-state index contributed by atoms with van der Waals surface area (Å²) in [4.78, 5) is 1.15. The van der Waals surface area contributed by atoms with Crippen molar-refractivity contribution in [1.82, 2.24) is 0 Å². The highest BCUT2D eigenvalue weighted by Crippen LogP contribution is 2.23. The highest BCUT2D eigenvalue weighted by atomic mass is 32.2. The summed E-state index contributed by atoms with van der Waals surface area (Å²) < 4.78 is 5.54. The van der Waals surface area contributed by atoms with Crippen LogP contribution in [0.5, 0.6) is 0 Å². The fourth-order valence-electron chi connectivity index (χ4n) is 1.24. The van der Waals surface area contributed by atoms with Crippen LogP contribution in [-0.2, 0) is 4.74 Å². The molecule has 0 aromatic heterocycles. The number of rotatable bonds is 7. The fraction of sp³-hybridized carbons (Fsp3) is 0.538. The Morgan fingerprint density at radius 2 is 2.00 bits per heavy atom.